The predicted octanol–water partition coefficient (Wildman–Crippen LogP) is 5.17. The van der Waals surface area contributed by atoms with Gasteiger partial charge < -0.3 is 15.0 Å². The Labute approximate surface area is 181 Å². The van der Waals surface area contributed by atoms with E-state index in [9.17, 15) is 9.59 Å². The smallest absolute Gasteiger partial charge is 0.310 e. The zero-order valence-corrected chi connectivity index (χ0v) is 19.5. The molecule has 1 heterocycles. The molecule has 5 nitrogen and oxygen atoms in total. The van der Waals surface area contributed by atoms with Crippen molar-refractivity contribution in [2.45, 2.75) is 72.8 Å². The van der Waals surface area contributed by atoms with Crippen molar-refractivity contribution in [2.24, 2.45) is 23.7 Å². The zero-order chi connectivity index (χ0) is 22.1. The van der Waals surface area contributed by atoms with Crippen molar-refractivity contribution in [1.82, 2.24) is 0 Å². The topological polar surface area (TPSA) is 58.6 Å². The molecular formula is C25H38N2O3. The maximum atomic E-state index is 13.4. The molecule has 0 radical (unpaired) electrons. The number of nitrogens with zero attached hydrogens (tertiary/aromatic N) is 1. The first kappa shape index (κ1) is 22.6. The first-order valence-electron chi connectivity index (χ1n) is 11.6. The minimum absolute atomic E-state index is 0.0879. The van der Waals surface area contributed by atoms with Gasteiger partial charge in [0.2, 0.25) is 5.91 Å². The SMILES string of the molecule is CCN(CC)c1ccc(NC(=O)[C@@H]2[C@H](C)C(=O)OC23CCC(C(C)C)CC3)c(C)c1. The van der Waals surface area contributed by atoms with E-state index in [-0.39, 0.29) is 11.9 Å². The van der Waals surface area contributed by atoms with Gasteiger partial charge in [-0.2, -0.15) is 0 Å². The Kier molecular flexibility index (Phi) is 6.78. The number of hydrogen-bond acceptors (Lipinski definition) is 4. The van der Waals surface area contributed by atoms with Gasteiger partial charge in [-0.1, -0.05) is 20.8 Å². The second-order valence-corrected chi connectivity index (χ2v) is 9.49. The van der Waals surface area contributed by atoms with Crippen LogP contribution in [0.4, 0.5) is 11.4 Å². The molecule has 2 fully saturated rings. The van der Waals surface area contributed by atoms with E-state index in [0.717, 1.165) is 55.7 Å². The Balaban J connectivity index is 1.78. The molecule has 30 heavy (non-hydrogen) atoms. The lowest BCUT2D eigenvalue weighted by Crippen LogP contribution is -2.46. The molecule has 1 aliphatic heterocycles. The number of carbonyl (C=O) groups is 2. The van der Waals surface area contributed by atoms with E-state index in [4.69, 9.17) is 4.74 Å². The van der Waals surface area contributed by atoms with Crippen LogP contribution in [-0.4, -0.2) is 30.6 Å². The maximum absolute atomic E-state index is 13.4. The van der Waals surface area contributed by atoms with Crippen LogP contribution < -0.4 is 10.2 Å². The van der Waals surface area contributed by atoms with Gasteiger partial charge in [-0.05, 0) is 82.1 Å². The number of ether oxygens (including phenoxy) is 1. The molecule has 5 heteroatoms. The van der Waals surface area contributed by atoms with E-state index in [1.54, 1.807) is 0 Å². The molecular weight excluding hydrogens is 376 g/mol. The lowest BCUT2D eigenvalue weighted by molar-refractivity contribution is -0.155. The fourth-order valence-corrected chi connectivity index (χ4v) is 5.41. The van der Waals surface area contributed by atoms with Crippen LogP contribution >= 0.6 is 0 Å². The largest absolute Gasteiger partial charge is 0.458 e. The summed E-state index contributed by atoms with van der Waals surface area (Å²) in [5.41, 5.74) is 2.37. The Hall–Kier alpha value is -2.04. The normalized spacial score (nSPS) is 28.6. The van der Waals surface area contributed by atoms with Crippen molar-refractivity contribution in [3.8, 4) is 0 Å². The highest BCUT2D eigenvalue weighted by Gasteiger charge is 2.58. The highest BCUT2D eigenvalue weighted by Crippen LogP contribution is 2.49. The molecule has 2 aliphatic rings. The third kappa shape index (κ3) is 4.21. The van der Waals surface area contributed by atoms with Crippen LogP contribution in [0.25, 0.3) is 0 Å². The van der Waals surface area contributed by atoms with Crippen molar-refractivity contribution in [2.75, 3.05) is 23.3 Å². The molecule has 1 aliphatic carbocycles. The number of anilines is 2. The predicted molar refractivity (Wildman–Crippen MR) is 122 cm³/mol. The molecule has 1 saturated carbocycles. The number of carbonyl (C=O) groups excluding carboxylic acids is 2. The summed E-state index contributed by atoms with van der Waals surface area (Å²) in [5.74, 6) is 0.109. The number of rotatable bonds is 6. The van der Waals surface area contributed by atoms with Gasteiger partial charge in [-0.3, -0.25) is 9.59 Å². The monoisotopic (exact) mass is 414 g/mol. The summed E-state index contributed by atoms with van der Waals surface area (Å²) in [6.45, 7) is 14.5. The fraction of sp³-hybridized carbons (Fsp3) is 0.680. The maximum Gasteiger partial charge on any atom is 0.310 e. The third-order valence-electron chi connectivity index (χ3n) is 7.44. The second kappa shape index (κ2) is 8.99. The lowest BCUT2D eigenvalue weighted by atomic mass is 9.67. The highest BCUT2D eigenvalue weighted by molar-refractivity contribution is 5.98. The number of amides is 1. The van der Waals surface area contributed by atoms with Gasteiger partial charge in [0.1, 0.15) is 5.60 Å². The van der Waals surface area contributed by atoms with Crippen LogP contribution in [0.5, 0.6) is 0 Å². The number of esters is 1. The van der Waals surface area contributed by atoms with Crippen LogP contribution in [0.15, 0.2) is 18.2 Å². The molecule has 1 aromatic carbocycles. The van der Waals surface area contributed by atoms with Crippen molar-refractivity contribution >= 4 is 23.3 Å². The quantitative estimate of drug-likeness (QED) is 0.652. The van der Waals surface area contributed by atoms with E-state index in [1.807, 2.05) is 19.9 Å². The Bertz CT molecular complexity index is 777. The van der Waals surface area contributed by atoms with E-state index in [1.165, 1.54) is 0 Å². The lowest BCUT2D eigenvalue weighted by Gasteiger charge is -2.40. The van der Waals surface area contributed by atoms with Gasteiger partial charge in [-0.25, -0.2) is 0 Å². The number of aryl methyl sites for hydroxylation is 1. The molecule has 0 bridgehead atoms. The van der Waals surface area contributed by atoms with Gasteiger partial charge in [0.15, 0.2) is 0 Å². The summed E-state index contributed by atoms with van der Waals surface area (Å²) in [6, 6.07) is 6.15. The first-order valence-corrected chi connectivity index (χ1v) is 11.6. The van der Waals surface area contributed by atoms with Crippen molar-refractivity contribution < 1.29 is 14.3 Å². The molecule has 3 rings (SSSR count). The molecule has 1 aromatic rings. The van der Waals surface area contributed by atoms with Crippen molar-refractivity contribution in [3.63, 3.8) is 0 Å². The molecule has 2 atom stereocenters. The van der Waals surface area contributed by atoms with Crippen LogP contribution in [0, 0.1) is 30.6 Å². The average molecular weight is 415 g/mol. The zero-order valence-electron chi connectivity index (χ0n) is 19.5. The fourth-order valence-electron chi connectivity index (χ4n) is 5.41. The molecule has 166 valence electrons. The Morgan fingerprint density at radius 1 is 1.23 bits per heavy atom. The van der Waals surface area contributed by atoms with Crippen molar-refractivity contribution in [3.05, 3.63) is 23.8 Å². The summed E-state index contributed by atoms with van der Waals surface area (Å²) in [4.78, 5) is 28.1. The number of benzene rings is 1. The summed E-state index contributed by atoms with van der Waals surface area (Å²) in [5, 5.41) is 3.12. The van der Waals surface area contributed by atoms with Gasteiger partial charge in [0.25, 0.3) is 0 Å². The van der Waals surface area contributed by atoms with Gasteiger partial charge in [0, 0.05) is 24.5 Å². The molecule has 0 aromatic heterocycles. The minimum Gasteiger partial charge on any atom is -0.458 e. The van der Waals surface area contributed by atoms with Crippen LogP contribution in [-0.2, 0) is 14.3 Å². The van der Waals surface area contributed by atoms with E-state index in [0.29, 0.717) is 11.8 Å². The summed E-state index contributed by atoms with van der Waals surface area (Å²) >= 11 is 0. The molecule has 1 amide bonds. The molecule has 1 spiro atoms. The van der Waals surface area contributed by atoms with Crippen LogP contribution in [0.2, 0.25) is 0 Å². The number of nitrogens with one attached hydrogen (secondary N) is 1. The highest BCUT2D eigenvalue weighted by atomic mass is 16.6. The molecule has 0 unspecified atom stereocenters. The van der Waals surface area contributed by atoms with Crippen LogP contribution in [0.3, 0.4) is 0 Å². The summed E-state index contributed by atoms with van der Waals surface area (Å²) in [6.07, 6.45) is 3.59. The van der Waals surface area contributed by atoms with Gasteiger partial charge in [0.05, 0.1) is 11.8 Å². The molecule has 1 saturated heterocycles. The average Bonchev–Trinajstić information content (AvgIpc) is 2.94. The van der Waals surface area contributed by atoms with E-state index in [2.05, 4.69) is 50.0 Å². The Morgan fingerprint density at radius 3 is 2.40 bits per heavy atom. The number of hydrogen-bond donors (Lipinski definition) is 1. The van der Waals surface area contributed by atoms with Gasteiger partial charge >= 0.3 is 5.97 Å². The van der Waals surface area contributed by atoms with Gasteiger partial charge in [-0.15, -0.1) is 0 Å². The summed E-state index contributed by atoms with van der Waals surface area (Å²) < 4.78 is 5.91. The standard InChI is InChI=1S/C25H38N2O3/c1-7-27(8-2)20-9-10-21(17(5)15-20)26-23(28)22-18(6)24(29)30-25(22)13-11-19(12-14-25)16(3)4/h9-10,15-16,18-19,22H,7-8,11-14H2,1-6H3,(H,26,28)/t18-,19?,22-,25?/m0/s1. The second-order valence-electron chi connectivity index (χ2n) is 9.49. The molecule has 1 N–H and O–H groups in total. The third-order valence-corrected chi connectivity index (χ3v) is 7.44. The van der Waals surface area contributed by atoms with E-state index < -0.39 is 17.4 Å². The Morgan fingerprint density at radius 2 is 1.87 bits per heavy atom. The van der Waals surface area contributed by atoms with Crippen molar-refractivity contribution in [1.29, 1.82) is 0 Å². The van der Waals surface area contributed by atoms with Crippen LogP contribution in [0.1, 0.15) is 65.9 Å². The minimum atomic E-state index is -0.638. The first-order chi connectivity index (χ1) is 14.2. The summed E-state index contributed by atoms with van der Waals surface area (Å²) in [7, 11) is 0. The van der Waals surface area contributed by atoms with E-state index >= 15 is 0 Å².